The second-order valence-corrected chi connectivity index (χ2v) is 4.48. The van der Waals surface area contributed by atoms with Crippen molar-refractivity contribution in [2.75, 3.05) is 46.8 Å². The van der Waals surface area contributed by atoms with Gasteiger partial charge in [-0.05, 0) is 25.7 Å². The summed E-state index contributed by atoms with van der Waals surface area (Å²) in [5.41, 5.74) is 0.0412. The lowest BCUT2D eigenvalue weighted by Gasteiger charge is -2.35. The van der Waals surface area contributed by atoms with E-state index in [4.69, 9.17) is 14.2 Å². The Bertz CT molecular complexity index is 166. The molecule has 96 valence electrons. The van der Waals surface area contributed by atoms with Crippen molar-refractivity contribution in [3.05, 3.63) is 0 Å². The van der Waals surface area contributed by atoms with Gasteiger partial charge < -0.3 is 19.3 Å². The van der Waals surface area contributed by atoms with Crippen molar-refractivity contribution < 1.29 is 19.3 Å². The van der Waals surface area contributed by atoms with Crippen molar-refractivity contribution in [2.24, 2.45) is 5.41 Å². The highest BCUT2D eigenvalue weighted by Gasteiger charge is 2.31. The Labute approximate surface area is 97.9 Å². The van der Waals surface area contributed by atoms with E-state index < -0.39 is 0 Å². The van der Waals surface area contributed by atoms with E-state index in [1.165, 1.54) is 0 Å². The molecule has 0 aromatic carbocycles. The SMILES string of the molecule is COCCCOCCC1(CO)CCOCC1. The number of rotatable bonds is 8. The Morgan fingerprint density at radius 1 is 1.19 bits per heavy atom. The molecule has 0 aromatic rings. The van der Waals surface area contributed by atoms with Crippen molar-refractivity contribution >= 4 is 0 Å². The summed E-state index contributed by atoms with van der Waals surface area (Å²) in [5, 5.41) is 9.45. The van der Waals surface area contributed by atoms with E-state index in [-0.39, 0.29) is 12.0 Å². The van der Waals surface area contributed by atoms with Gasteiger partial charge in [0, 0.05) is 52.2 Å². The molecule has 0 saturated carbocycles. The summed E-state index contributed by atoms with van der Waals surface area (Å²) in [4.78, 5) is 0. The minimum Gasteiger partial charge on any atom is -0.396 e. The van der Waals surface area contributed by atoms with Gasteiger partial charge in [0.2, 0.25) is 0 Å². The summed E-state index contributed by atoms with van der Waals surface area (Å²) in [7, 11) is 1.70. The molecule has 0 aromatic heterocycles. The van der Waals surface area contributed by atoms with Crippen LogP contribution < -0.4 is 0 Å². The van der Waals surface area contributed by atoms with Crippen LogP contribution in [0.15, 0.2) is 0 Å². The molecule has 16 heavy (non-hydrogen) atoms. The number of aliphatic hydroxyl groups excluding tert-OH is 1. The van der Waals surface area contributed by atoms with E-state index in [2.05, 4.69) is 0 Å². The van der Waals surface area contributed by atoms with Crippen molar-refractivity contribution in [1.29, 1.82) is 0 Å². The first kappa shape index (κ1) is 13.9. The van der Waals surface area contributed by atoms with Gasteiger partial charge in [0.25, 0.3) is 0 Å². The molecule has 1 rings (SSSR count). The largest absolute Gasteiger partial charge is 0.396 e. The summed E-state index contributed by atoms with van der Waals surface area (Å²) < 4.78 is 15.8. The number of ether oxygens (including phenoxy) is 3. The Morgan fingerprint density at radius 3 is 2.56 bits per heavy atom. The van der Waals surface area contributed by atoms with E-state index >= 15 is 0 Å². The summed E-state index contributed by atoms with van der Waals surface area (Å²) in [6, 6.07) is 0. The summed E-state index contributed by atoms with van der Waals surface area (Å²) in [6.45, 7) is 4.00. The van der Waals surface area contributed by atoms with Gasteiger partial charge in [-0.15, -0.1) is 0 Å². The monoisotopic (exact) mass is 232 g/mol. The fraction of sp³-hybridized carbons (Fsp3) is 1.00. The van der Waals surface area contributed by atoms with Gasteiger partial charge in [-0.2, -0.15) is 0 Å². The van der Waals surface area contributed by atoms with Crippen molar-refractivity contribution in [3.8, 4) is 0 Å². The average molecular weight is 232 g/mol. The van der Waals surface area contributed by atoms with Crippen molar-refractivity contribution in [1.82, 2.24) is 0 Å². The maximum Gasteiger partial charge on any atom is 0.0489 e. The molecule has 0 atom stereocenters. The third kappa shape index (κ3) is 4.78. The zero-order chi connectivity index (χ0) is 11.7. The van der Waals surface area contributed by atoms with Crippen LogP contribution in [-0.4, -0.2) is 51.9 Å². The van der Waals surface area contributed by atoms with Crippen LogP contribution in [0.2, 0.25) is 0 Å². The maximum atomic E-state index is 9.45. The van der Waals surface area contributed by atoms with Gasteiger partial charge in [-0.3, -0.25) is 0 Å². The van der Waals surface area contributed by atoms with Gasteiger partial charge in [0.1, 0.15) is 0 Å². The minimum atomic E-state index is 0.0412. The molecule has 0 aliphatic carbocycles. The van der Waals surface area contributed by atoms with Gasteiger partial charge in [0.05, 0.1) is 0 Å². The third-order valence-electron chi connectivity index (χ3n) is 3.30. The van der Waals surface area contributed by atoms with Crippen LogP contribution in [0.25, 0.3) is 0 Å². The van der Waals surface area contributed by atoms with Crippen LogP contribution in [-0.2, 0) is 14.2 Å². The molecular weight excluding hydrogens is 208 g/mol. The van der Waals surface area contributed by atoms with Gasteiger partial charge in [0.15, 0.2) is 0 Å². The summed E-state index contributed by atoms with van der Waals surface area (Å²) in [6.07, 6.45) is 3.77. The Balaban J connectivity index is 2.08. The Morgan fingerprint density at radius 2 is 1.94 bits per heavy atom. The lowest BCUT2D eigenvalue weighted by molar-refractivity contribution is -0.0356. The molecule has 0 unspecified atom stereocenters. The molecule has 0 amide bonds. The number of hydrogen-bond donors (Lipinski definition) is 1. The Hall–Kier alpha value is -0.160. The molecule has 1 heterocycles. The van der Waals surface area contributed by atoms with Gasteiger partial charge >= 0.3 is 0 Å². The highest BCUT2D eigenvalue weighted by molar-refractivity contribution is 4.80. The zero-order valence-corrected chi connectivity index (χ0v) is 10.2. The summed E-state index contributed by atoms with van der Waals surface area (Å²) >= 11 is 0. The zero-order valence-electron chi connectivity index (χ0n) is 10.2. The molecule has 1 N–H and O–H groups in total. The quantitative estimate of drug-likeness (QED) is 0.639. The van der Waals surface area contributed by atoms with Crippen molar-refractivity contribution in [3.63, 3.8) is 0 Å². The predicted molar refractivity (Wildman–Crippen MR) is 61.5 cm³/mol. The maximum absolute atomic E-state index is 9.45. The molecule has 0 radical (unpaired) electrons. The number of aliphatic hydroxyl groups is 1. The Kier molecular flexibility index (Phi) is 6.96. The molecule has 1 saturated heterocycles. The van der Waals surface area contributed by atoms with Crippen LogP contribution in [0.5, 0.6) is 0 Å². The molecule has 4 nitrogen and oxygen atoms in total. The van der Waals surface area contributed by atoms with Crippen LogP contribution >= 0.6 is 0 Å². The first-order chi connectivity index (χ1) is 7.83. The van der Waals surface area contributed by atoms with E-state index in [1.54, 1.807) is 7.11 Å². The predicted octanol–water partition coefficient (Wildman–Crippen LogP) is 1.22. The first-order valence-electron chi connectivity index (χ1n) is 6.08. The standard InChI is InChI=1S/C12H24O4/c1-14-6-2-7-15-8-3-12(11-13)4-9-16-10-5-12/h13H,2-11H2,1H3. The fourth-order valence-electron chi connectivity index (χ4n) is 1.99. The molecule has 1 aliphatic heterocycles. The molecule has 0 spiro atoms. The normalized spacial score (nSPS) is 19.9. The lowest BCUT2D eigenvalue weighted by atomic mass is 9.78. The molecule has 0 bridgehead atoms. The molecule has 1 aliphatic rings. The molecular formula is C12H24O4. The average Bonchev–Trinajstić information content (AvgIpc) is 2.35. The number of hydrogen-bond acceptors (Lipinski definition) is 4. The van der Waals surface area contributed by atoms with E-state index in [1.807, 2.05) is 0 Å². The highest BCUT2D eigenvalue weighted by atomic mass is 16.5. The molecule has 4 heteroatoms. The fourth-order valence-corrected chi connectivity index (χ4v) is 1.99. The number of methoxy groups -OCH3 is 1. The minimum absolute atomic E-state index is 0.0412. The van der Waals surface area contributed by atoms with Gasteiger partial charge in [-0.25, -0.2) is 0 Å². The van der Waals surface area contributed by atoms with Crippen LogP contribution in [0.1, 0.15) is 25.7 Å². The highest BCUT2D eigenvalue weighted by Crippen LogP contribution is 2.33. The van der Waals surface area contributed by atoms with Crippen LogP contribution in [0.4, 0.5) is 0 Å². The van der Waals surface area contributed by atoms with E-state index in [0.29, 0.717) is 0 Å². The van der Waals surface area contributed by atoms with Crippen LogP contribution in [0.3, 0.4) is 0 Å². The topological polar surface area (TPSA) is 47.9 Å². The second kappa shape index (κ2) is 8.01. The van der Waals surface area contributed by atoms with E-state index in [9.17, 15) is 5.11 Å². The third-order valence-corrected chi connectivity index (χ3v) is 3.30. The first-order valence-corrected chi connectivity index (χ1v) is 6.08. The summed E-state index contributed by atoms with van der Waals surface area (Å²) in [5.74, 6) is 0. The van der Waals surface area contributed by atoms with Crippen molar-refractivity contribution in [2.45, 2.75) is 25.7 Å². The molecule has 1 fully saturated rings. The van der Waals surface area contributed by atoms with Crippen LogP contribution in [0, 0.1) is 5.41 Å². The second-order valence-electron chi connectivity index (χ2n) is 4.48. The lowest BCUT2D eigenvalue weighted by Crippen LogP contribution is -2.34. The van der Waals surface area contributed by atoms with Gasteiger partial charge in [-0.1, -0.05) is 0 Å². The van der Waals surface area contributed by atoms with E-state index in [0.717, 1.165) is 58.7 Å². The smallest absolute Gasteiger partial charge is 0.0489 e.